The van der Waals surface area contributed by atoms with E-state index in [4.69, 9.17) is 11.6 Å². The van der Waals surface area contributed by atoms with Gasteiger partial charge in [-0.1, -0.05) is 37.6 Å². The van der Waals surface area contributed by atoms with Crippen LogP contribution >= 0.6 is 11.6 Å². The second-order valence-electron chi connectivity index (χ2n) is 7.86. The summed E-state index contributed by atoms with van der Waals surface area (Å²) in [5.74, 6) is -0.130. The van der Waals surface area contributed by atoms with Gasteiger partial charge < -0.3 is 4.90 Å². The van der Waals surface area contributed by atoms with Crippen LogP contribution in [0.1, 0.15) is 25.1 Å². The molecule has 2 aromatic heterocycles. The van der Waals surface area contributed by atoms with E-state index >= 15 is 0 Å². The van der Waals surface area contributed by atoms with Gasteiger partial charge in [0, 0.05) is 24.3 Å². The maximum absolute atomic E-state index is 12.9. The minimum atomic E-state index is -0.394. The van der Waals surface area contributed by atoms with E-state index in [0.29, 0.717) is 18.1 Å². The van der Waals surface area contributed by atoms with Gasteiger partial charge in [-0.25, -0.2) is 14.6 Å². The fourth-order valence-electron chi connectivity index (χ4n) is 3.65. The lowest BCUT2D eigenvalue weighted by atomic mass is 9.87. The molecule has 3 heterocycles. The van der Waals surface area contributed by atoms with Gasteiger partial charge in [-0.2, -0.15) is 10.2 Å². The summed E-state index contributed by atoms with van der Waals surface area (Å²) < 4.78 is 3.14. The van der Waals surface area contributed by atoms with Crippen LogP contribution in [0, 0.1) is 5.41 Å². The molecule has 1 N–H and O–H groups in total. The van der Waals surface area contributed by atoms with Crippen LogP contribution < -0.4 is 5.69 Å². The molecule has 146 valence electrons. The Bertz CT molecular complexity index is 1080. The molecule has 0 saturated carbocycles. The molecule has 1 aliphatic rings. The van der Waals surface area contributed by atoms with Crippen molar-refractivity contribution in [1.29, 1.82) is 0 Å². The highest BCUT2D eigenvalue weighted by Gasteiger charge is 2.33. The van der Waals surface area contributed by atoms with E-state index in [1.54, 1.807) is 11.1 Å². The first-order chi connectivity index (χ1) is 13.3. The molecule has 0 unspecified atom stereocenters. The number of nitrogens with one attached hydrogen (secondary N) is 1. The van der Waals surface area contributed by atoms with Crippen LogP contribution in [0.3, 0.4) is 0 Å². The van der Waals surface area contributed by atoms with E-state index in [2.05, 4.69) is 29.1 Å². The van der Waals surface area contributed by atoms with Gasteiger partial charge in [0.1, 0.15) is 12.9 Å². The Morgan fingerprint density at radius 3 is 2.82 bits per heavy atom. The minimum Gasteiger partial charge on any atom is -0.336 e. The SMILES string of the molecule is CC1(C)Cc2c(cnn2-c2ccccc2Cl)CN(C(=O)Cn2cn[nH]c2=O)C1. The number of halogens is 1. The number of aromatic nitrogens is 5. The lowest BCUT2D eigenvalue weighted by Gasteiger charge is -2.29. The van der Waals surface area contributed by atoms with Crippen LogP contribution in [0.25, 0.3) is 5.69 Å². The van der Waals surface area contributed by atoms with Crippen LogP contribution in [0.2, 0.25) is 5.02 Å². The molecule has 1 aliphatic heterocycles. The van der Waals surface area contributed by atoms with Gasteiger partial charge in [0.05, 0.1) is 16.9 Å². The quantitative estimate of drug-likeness (QED) is 0.728. The van der Waals surface area contributed by atoms with Crippen molar-refractivity contribution >= 4 is 17.5 Å². The number of aromatic amines is 1. The standard InChI is InChI=1S/C19H21ClN6O2/c1-19(2)7-16-13(8-22-26(16)15-6-4-3-5-14(15)20)9-24(11-19)17(27)10-25-12-21-23-18(25)28/h3-6,8,12H,7,9-11H2,1-2H3,(H,23,28). The molecule has 3 aromatic rings. The summed E-state index contributed by atoms with van der Waals surface area (Å²) in [6.07, 6.45) is 3.89. The fraction of sp³-hybridized carbons (Fsp3) is 0.368. The van der Waals surface area contributed by atoms with Crippen LogP contribution in [0.5, 0.6) is 0 Å². The van der Waals surface area contributed by atoms with Gasteiger partial charge in [0.25, 0.3) is 0 Å². The van der Waals surface area contributed by atoms with Crippen LogP contribution in [-0.4, -0.2) is 41.9 Å². The van der Waals surface area contributed by atoms with Crippen LogP contribution in [-0.2, 0) is 24.3 Å². The number of rotatable bonds is 3. The number of hydrogen-bond donors (Lipinski definition) is 1. The van der Waals surface area contributed by atoms with E-state index in [1.807, 2.05) is 28.9 Å². The van der Waals surface area contributed by atoms with Crippen molar-refractivity contribution in [2.45, 2.75) is 33.4 Å². The zero-order valence-electron chi connectivity index (χ0n) is 15.7. The Hall–Kier alpha value is -2.87. The van der Waals surface area contributed by atoms with Crippen molar-refractivity contribution in [3.8, 4) is 5.69 Å². The molecule has 0 atom stereocenters. The summed E-state index contributed by atoms with van der Waals surface area (Å²) in [7, 11) is 0. The molecule has 0 aliphatic carbocycles. The summed E-state index contributed by atoms with van der Waals surface area (Å²) >= 11 is 6.38. The maximum Gasteiger partial charge on any atom is 0.343 e. The normalized spacial score (nSPS) is 15.9. The molecule has 0 spiro atoms. The number of H-pyrrole nitrogens is 1. The molecule has 0 bridgehead atoms. The molecular weight excluding hydrogens is 380 g/mol. The number of fused-ring (bicyclic) bond motifs is 1. The third kappa shape index (κ3) is 3.47. The van der Waals surface area contributed by atoms with E-state index in [1.165, 1.54) is 10.9 Å². The van der Waals surface area contributed by atoms with E-state index in [0.717, 1.165) is 23.4 Å². The fourth-order valence-corrected chi connectivity index (χ4v) is 3.87. The largest absolute Gasteiger partial charge is 0.343 e. The van der Waals surface area contributed by atoms with Crippen molar-refractivity contribution in [3.63, 3.8) is 0 Å². The van der Waals surface area contributed by atoms with Crippen molar-refractivity contribution < 1.29 is 4.79 Å². The number of benzene rings is 1. The topological polar surface area (TPSA) is 88.8 Å². The molecule has 4 rings (SSSR count). The van der Waals surface area contributed by atoms with E-state index in [-0.39, 0.29) is 17.9 Å². The Labute approximate surface area is 166 Å². The maximum atomic E-state index is 12.9. The van der Waals surface area contributed by atoms with Gasteiger partial charge in [0.2, 0.25) is 5.91 Å². The number of para-hydroxylation sites is 1. The highest BCUT2D eigenvalue weighted by atomic mass is 35.5. The average Bonchev–Trinajstić information content (AvgIpc) is 3.17. The van der Waals surface area contributed by atoms with Gasteiger partial charge in [-0.05, 0) is 24.0 Å². The zero-order chi connectivity index (χ0) is 19.9. The van der Waals surface area contributed by atoms with Gasteiger partial charge in [-0.15, -0.1) is 0 Å². The molecule has 9 heteroatoms. The van der Waals surface area contributed by atoms with Crippen molar-refractivity contribution in [3.05, 3.63) is 63.6 Å². The number of nitrogens with zero attached hydrogens (tertiary/aromatic N) is 5. The summed E-state index contributed by atoms with van der Waals surface area (Å²) in [4.78, 5) is 26.3. The first-order valence-corrected chi connectivity index (χ1v) is 9.40. The van der Waals surface area contributed by atoms with Gasteiger partial charge in [-0.3, -0.25) is 9.36 Å². The molecular formula is C19H21ClN6O2. The molecule has 8 nitrogen and oxygen atoms in total. The first kappa shape index (κ1) is 18.5. The Balaban J connectivity index is 1.67. The average molecular weight is 401 g/mol. The number of hydrogen-bond acceptors (Lipinski definition) is 4. The molecule has 28 heavy (non-hydrogen) atoms. The van der Waals surface area contributed by atoms with Gasteiger partial charge in [0.15, 0.2) is 0 Å². The molecule has 0 radical (unpaired) electrons. The molecule has 1 amide bonds. The minimum absolute atomic E-state index is 0.0423. The summed E-state index contributed by atoms with van der Waals surface area (Å²) in [5, 5.41) is 11.2. The third-order valence-electron chi connectivity index (χ3n) is 4.94. The predicted molar refractivity (Wildman–Crippen MR) is 104 cm³/mol. The number of amides is 1. The number of carbonyl (C=O) groups is 1. The lowest BCUT2D eigenvalue weighted by Crippen LogP contribution is -2.40. The second-order valence-corrected chi connectivity index (χ2v) is 8.27. The van der Waals surface area contributed by atoms with Crippen molar-refractivity contribution in [2.75, 3.05) is 6.54 Å². The van der Waals surface area contributed by atoms with Crippen molar-refractivity contribution in [1.82, 2.24) is 29.4 Å². The van der Waals surface area contributed by atoms with Crippen molar-refractivity contribution in [2.24, 2.45) is 5.41 Å². The van der Waals surface area contributed by atoms with Crippen LogP contribution in [0.4, 0.5) is 0 Å². The van der Waals surface area contributed by atoms with E-state index in [9.17, 15) is 9.59 Å². The Morgan fingerprint density at radius 2 is 2.11 bits per heavy atom. The second kappa shape index (κ2) is 6.94. The molecule has 1 aromatic carbocycles. The summed E-state index contributed by atoms with van der Waals surface area (Å²) in [6, 6.07) is 7.58. The van der Waals surface area contributed by atoms with Crippen LogP contribution in [0.15, 0.2) is 41.6 Å². The molecule has 0 saturated heterocycles. The first-order valence-electron chi connectivity index (χ1n) is 9.02. The van der Waals surface area contributed by atoms with Gasteiger partial charge >= 0.3 is 5.69 Å². The molecule has 0 fully saturated rings. The Morgan fingerprint density at radius 1 is 1.32 bits per heavy atom. The Kier molecular flexibility index (Phi) is 4.58. The summed E-state index contributed by atoms with van der Waals surface area (Å²) in [6.45, 7) is 5.22. The monoisotopic (exact) mass is 400 g/mol. The highest BCUT2D eigenvalue weighted by Crippen LogP contribution is 2.32. The summed E-state index contributed by atoms with van der Waals surface area (Å²) in [5.41, 5.74) is 2.30. The highest BCUT2D eigenvalue weighted by molar-refractivity contribution is 6.32. The lowest BCUT2D eigenvalue weighted by molar-refractivity contribution is -0.133. The zero-order valence-corrected chi connectivity index (χ0v) is 16.5. The number of carbonyl (C=O) groups excluding carboxylic acids is 1. The van der Waals surface area contributed by atoms with E-state index < -0.39 is 5.69 Å². The predicted octanol–water partition coefficient (Wildman–Crippen LogP) is 2.02. The third-order valence-corrected chi connectivity index (χ3v) is 5.26. The smallest absolute Gasteiger partial charge is 0.336 e.